The Morgan fingerprint density at radius 2 is 1.92 bits per heavy atom. The van der Waals surface area contributed by atoms with Crippen LogP contribution in [-0.2, 0) is 0 Å². The van der Waals surface area contributed by atoms with Gasteiger partial charge in [-0.1, -0.05) is 17.7 Å². The average molecular weight is 364 g/mol. The molecular formula is C19H19ClFNO3. The molecule has 1 aliphatic rings. The fraction of sp³-hybridized carbons (Fsp3) is 0.316. The monoisotopic (exact) mass is 363 g/mol. The standard InChI is InChI=1S/C19H19ClFNO3/c1-24-17-8-5-12(10-18(17)25-2)16-4-3-9-22(16)19(23)14-7-6-13(21)11-15(14)20/h5-8,10-11,16H,3-4,9H2,1-2H3. The third-order valence-corrected chi connectivity index (χ3v) is 4.78. The van der Waals surface area contributed by atoms with Crippen molar-refractivity contribution in [3.63, 3.8) is 0 Å². The van der Waals surface area contributed by atoms with Gasteiger partial charge in [-0.3, -0.25) is 4.79 Å². The van der Waals surface area contributed by atoms with Crippen LogP contribution in [0, 0.1) is 5.82 Å². The summed E-state index contributed by atoms with van der Waals surface area (Å²) in [5.74, 6) is 0.615. The minimum absolute atomic E-state index is 0.0755. The van der Waals surface area contributed by atoms with E-state index in [9.17, 15) is 9.18 Å². The summed E-state index contributed by atoms with van der Waals surface area (Å²) in [6.07, 6.45) is 1.74. The Bertz CT molecular complexity index is 796. The first-order chi connectivity index (χ1) is 12.0. The molecule has 0 aromatic heterocycles. The van der Waals surface area contributed by atoms with Crippen LogP contribution in [0.4, 0.5) is 4.39 Å². The van der Waals surface area contributed by atoms with E-state index in [0.717, 1.165) is 24.5 Å². The van der Waals surface area contributed by atoms with E-state index in [1.807, 2.05) is 18.2 Å². The van der Waals surface area contributed by atoms with Gasteiger partial charge < -0.3 is 14.4 Å². The number of carbonyl (C=O) groups is 1. The van der Waals surface area contributed by atoms with Gasteiger partial charge in [0.1, 0.15) is 5.82 Å². The van der Waals surface area contributed by atoms with Gasteiger partial charge in [-0.05, 0) is 48.7 Å². The van der Waals surface area contributed by atoms with E-state index in [2.05, 4.69) is 0 Å². The highest BCUT2D eigenvalue weighted by molar-refractivity contribution is 6.33. The van der Waals surface area contributed by atoms with Crippen LogP contribution in [0.5, 0.6) is 11.5 Å². The summed E-state index contributed by atoms with van der Waals surface area (Å²) in [5.41, 5.74) is 1.29. The fourth-order valence-electron chi connectivity index (χ4n) is 3.23. The quantitative estimate of drug-likeness (QED) is 0.804. The molecule has 2 aromatic rings. The molecule has 0 spiro atoms. The van der Waals surface area contributed by atoms with Gasteiger partial charge in [0, 0.05) is 6.54 Å². The van der Waals surface area contributed by atoms with Crippen molar-refractivity contribution in [2.75, 3.05) is 20.8 Å². The number of nitrogens with zero attached hydrogens (tertiary/aromatic N) is 1. The van der Waals surface area contributed by atoms with Crippen LogP contribution in [0.15, 0.2) is 36.4 Å². The number of benzene rings is 2. The molecule has 0 saturated carbocycles. The Balaban J connectivity index is 1.91. The molecule has 1 aliphatic heterocycles. The molecule has 1 atom stereocenters. The van der Waals surface area contributed by atoms with Crippen LogP contribution < -0.4 is 9.47 Å². The number of methoxy groups -OCH3 is 2. The molecule has 0 N–H and O–H groups in total. The zero-order valence-corrected chi connectivity index (χ0v) is 14.8. The molecule has 1 saturated heterocycles. The van der Waals surface area contributed by atoms with Gasteiger partial charge in [0.15, 0.2) is 11.5 Å². The first-order valence-electron chi connectivity index (χ1n) is 8.03. The minimum atomic E-state index is -0.459. The Morgan fingerprint density at radius 3 is 2.60 bits per heavy atom. The second-order valence-electron chi connectivity index (χ2n) is 5.90. The predicted molar refractivity (Wildman–Crippen MR) is 94.0 cm³/mol. The Labute approximate surface area is 151 Å². The molecule has 0 radical (unpaired) electrons. The van der Waals surface area contributed by atoms with Gasteiger partial charge in [-0.2, -0.15) is 0 Å². The van der Waals surface area contributed by atoms with E-state index in [-0.39, 0.29) is 17.0 Å². The molecular weight excluding hydrogens is 345 g/mol. The second kappa shape index (κ2) is 7.31. The van der Waals surface area contributed by atoms with Gasteiger partial charge in [0.05, 0.1) is 30.8 Å². The summed E-state index contributed by atoms with van der Waals surface area (Å²) in [7, 11) is 3.16. The van der Waals surface area contributed by atoms with Crippen LogP contribution in [-0.4, -0.2) is 31.6 Å². The lowest BCUT2D eigenvalue weighted by Crippen LogP contribution is -2.30. The molecule has 1 unspecified atom stereocenters. The number of rotatable bonds is 4. The van der Waals surface area contributed by atoms with Gasteiger partial charge in [-0.15, -0.1) is 0 Å². The third kappa shape index (κ3) is 3.42. The Morgan fingerprint density at radius 1 is 1.16 bits per heavy atom. The minimum Gasteiger partial charge on any atom is -0.493 e. The van der Waals surface area contributed by atoms with Gasteiger partial charge in [0.2, 0.25) is 0 Å². The number of hydrogen-bond acceptors (Lipinski definition) is 3. The van der Waals surface area contributed by atoms with Gasteiger partial charge in [-0.25, -0.2) is 4.39 Å². The largest absolute Gasteiger partial charge is 0.493 e. The molecule has 4 nitrogen and oxygen atoms in total. The SMILES string of the molecule is COc1ccc(C2CCCN2C(=O)c2ccc(F)cc2Cl)cc1OC. The summed E-state index contributed by atoms with van der Waals surface area (Å²) in [4.78, 5) is 14.7. The van der Waals surface area contributed by atoms with Crippen LogP contribution in [0.25, 0.3) is 0 Å². The van der Waals surface area contributed by atoms with E-state index in [0.29, 0.717) is 23.6 Å². The number of likely N-dealkylation sites (tertiary alicyclic amines) is 1. The lowest BCUT2D eigenvalue weighted by molar-refractivity contribution is 0.0735. The van der Waals surface area contributed by atoms with Crippen molar-refractivity contribution in [2.24, 2.45) is 0 Å². The summed E-state index contributed by atoms with van der Waals surface area (Å²) < 4.78 is 23.9. The summed E-state index contributed by atoms with van der Waals surface area (Å²) >= 11 is 6.06. The van der Waals surface area contributed by atoms with E-state index < -0.39 is 5.82 Å². The molecule has 2 aromatic carbocycles. The first-order valence-corrected chi connectivity index (χ1v) is 8.41. The zero-order chi connectivity index (χ0) is 18.0. The smallest absolute Gasteiger partial charge is 0.255 e. The molecule has 132 valence electrons. The van der Waals surface area contributed by atoms with E-state index >= 15 is 0 Å². The first kappa shape index (κ1) is 17.5. The molecule has 1 heterocycles. The molecule has 0 bridgehead atoms. The molecule has 6 heteroatoms. The third-order valence-electron chi connectivity index (χ3n) is 4.47. The average Bonchev–Trinajstić information content (AvgIpc) is 3.10. The number of carbonyl (C=O) groups excluding carboxylic acids is 1. The number of amides is 1. The zero-order valence-electron chi connectivity index (χ0n) is 14.1. The van der Waals surface area contributed by atoms with Crippen LogP contribution in [0.2, 0.25) is 5.02 Å². The van der Waals surface area contributed by atoms with Crippen LogP contribution in [0.1, 0.15) is 34.8 Å². The number of ether oxygens (including phenoxy) is 2. The number of hydrogen-bond donors (Lipinski definition) is 0. The highest BCUT2D eigenvalue weighted by atomic mass is 35.5. The van der Waals surface area contributed by atoms with Gasteiger partial charge >= 0.3 is 0 Å². The summed E-state index contributed by atoms with van der Waals surface area (Å²) in [6, 6.07) is 9.43. The van der Waals surface area contributed by atoms with Crippen molar-refractivity contribution in [1.29, 1.82) is 0 Å². The fourth-order valence-corrected chi connectivity index (χ4v) is 3.48. The summed E-state index contributed by atoms with van der Waals surface area (Å²) in [5, 5.41) is 0.128. The van der Waals surface area contributed by atoms with Crippen molar-refractivity contribution in [3.05, 3.63) is 58.4 Å². The maximum Gasteiger partial charge on any atom is 0.255 e. The topological polar surface area (TPSA) is 38.8 Å². The van der Waals surface area contributed by atoms with Crippen molar-refractivity contribution >= 4 is 17.5 Å². The van der Waals surface area contributed by atoms with E-state index in [4.69, 9.17) is 21.1 Å². The van der Waals surface area contributed by atoms with E-state index in [1.54, 1.807) is 19.1 Å². The van der Waals surface area contributed by atoms with Crippen LogP contribution >= 0.6 is 11.6 Å². The maximum atomic E-state index is 13.2. The van der Waals surface area contributed by atoms with Crippen molar-refractivity contribution in [1.82, 2.24) is 4.90 Å². The second-order valence-corrected chi connectivity index (χ2v) is 6.30. The molecule has 3 rings (SSSR count). The van der Waals surface area contributed by atoms with Crippen molar-refractivity contribution in [3.8, 4) is 11.5 Å². The molecule has 25 heavy (non-hydrogen) atoms. The van der Waals surface area contributed by atoms with Gasteiger partial charge in [0.25, 0.3) is 5.91 Å². The highest BCUT2D eigenvalue weighted by Crippen LogP contribution is 2.38. The normalized spacial score (nSPS) is 16.8. The van der Waals surface area contributed by atoms with Crippen LogP contribution in [0.3, 0.4) is 0 Å². The van der Waals surface area contributed by atoms with Crippen molar-refractivity contribution < 1.29 is 18.7 Å². The van der Waals surface area contributed by atoms with E-state index in [1.165, 1.54) is 12.1 Å². The lowest BCUT2D eigenvalue weighted by atomic mass is 10.0. The summed E-state index contributed by atoms with van der Waals surface area (Å²) in [6.45, 7) is 0.631. The molecule has 1 amide bonds. The highest BCUT2D eigenvalue weighted by Gasteiger charge is 2.32. The lowest BCUT2D eigenvalue weighted by Gasteiger charge is -2.26. The Kier molecular flexibility index (Phi) is 5.13. The van der Waals surface area contributed by atoms with Crippen molar-refractivity contribution in [2.45, 2.75) is 18.9 Å². The Hall–Kier alpha value is -2.27. The molecule has 1 fully saturated rings. The molecule has 0 aliphatic carbocycles. The maximum absolute atomic E-state index is 13.2. The predicted octanol–water partition coefficient (Wildman–Crippen LogP) is 4.47. The number of halogens is 2.